The first-order chi connectivity index (χ1) is 8.38. The molecule has 0 aromatic carbocycles. The van der Waals surface area contributed by atoms with Gasteiger partial charge in [0.2, 0.25) is 0 Å². The normalized spacial score (nSPS) is 27.7. The first kappa shape index (κ1) is 13.6. The van der Waals surface area contributed by atoms with Gasteiger partial charge in [0.05, 0.1) is 6.10 Å². The summed E-state index contributed by atoms with van der Waals surface area (Å²) in [7, 11) is 0. The fourth-order valence-electron chi connectivity index (χ4n) is 2.77. The highest BCUT2D eigenvalue weighted by molar-refractivity contribution is 6.18. The second kappa shape index (κ2) is 7.57. The second-order valence-corrected chi connectivity index (χ2v) is 5.53. The molecule has 0 aliphatic carbocycles. The molecule has 4 heteroatoms. The van der Waals surface area contributed by atoms with Gasteiger partial charge in [0, 0.05) is 45.2 Å². The Kier molecular flexibility index (Phi) is 6.06. The SMILES string of the molecule is ClCCN1CCN(CCCC2CCCO2)CC1. The zero-order valence-electron chi connectivity index (χ0n) is 10.7. The molecule has 0 spiro atoms. The zero-order valence-corrected chi connectivity index (χ0v) is 11.5. The molecule has 1 unspecified atom stereocenters. The van der Waals surface area contributed by atoms with E-state index in [4.69, 9.17) is 16.3 Å². The topological polar surface area (TPSA) is 15.7 Å². The van der Waals surface area contributed by atoms with Crippen molar-refractivity contribution < 1.29 is 4.74 Å². The molecule has 2 aliphatic heterocycles. The summed E-state index contributed by atoms with van der Waals surface area (Å²) in [4.78, 5) is 5.04. The molecule has 2 aliphatic rings. The fraction of sp³-hybridized carbons (Fsp3) is 1.00. The molecule has 100 valence electrons. The smallest absolute Gasteiger partial charge is 0.0576 e. The quantitative estimate of drug-likeness (QED) is 0.678. The largest absolute Gasteiger partial charge is 0.378 e. The first-order valence-electron chi connectivity index (χ1n) is 7.01. The lowest BCUT2D eigenvalue weighted by Crippen LogP contribution is -2.47. The fourth-order valence-corrected chi connectivity index (χ4v) is 3.01. The van der Waals surface area contributed by atoms with Gasteiger partial charge in [0.1, 0.15) is 0 Å². The van der Waals surface area contributed by atoms with E-state index in [-0.39, 0.29) is 0 Å². The van der Waals surface area contributed by atoms with Gasteiger partial charge in [-0.2, -0.15) is 0 Å². The van der Waals surface area contributed by atoms with E-state index in [0.29, 0.717) is 6.10 Å². The van der Waals surface area contributed by atoms with E-state index in [1.807, 2.05) is 0 Å². The average molecular weight is 261 g/mol. The van der Waals surface area contributed by atoms with Crippen LogP contribution in [0.4, 0.5) is 0 Å². The highest BCUT2D eigenvalue weighted by Crippen LogP contribution is 2.17. The predicted molar refractivity (Wildman–Crippen MR) is 71.8 cm³/mol. The number of halogens is 1. The second-order valence-electron chi connectivity index (χ2n) is 5.15. The molecule has 0 saturated carbocycles. The molecule has 0 amide bonds. The number of rotatable bonds is 6. The van der Waals surface area contributed by atoms with E-state index in [9.17, 15) is 0 Å². The third-order valence-electron chi connectivity index (χ3n) is 3.89. The van der Waals surface area contributed by atoms with Crippen LogP contribution >= 0.6 is 11.6 Å². The van der Waals surface area contributed by atoms with Crippen LogP contribution in [0.15, 0.2) is 0 Å². The monoisotopic (exact) mass is 260 g/mol. The standard InChI is InChI=1S/C13H25ClN2O/c14-5-7-16-10-8-15(9-11-16)6-1-3-13-4-2-12-17-13/h13H,1-12H2. The Morgan fingerprint density at radius 1 is 1.06 bits per heavy atom. The molecule has 2 heterocycles. The van der Waals surface area contributed by atoms with Gasteiger partial charge in [-0.1, -0.05) is 0 Å². The summed E-state index contributed by atoms with van der Waals surface area (Å²) in [5.41, 5.74) is 0. The molecule has 0 bridgehead atoms. The minimum atomic E-state index is 0.563. The molecular formula is C13H25ClN2O. The van der Waals surface area contributed by atoms with Gasteiger partial charge in [0.25, 0.3) is 0 Å². The van der Waals surface area contributed by atoms with Gasteiger partial charge in [-0.15, -0.1) is 11.6 Å². The summed E-state index contributed by atoms with van der Waals surface area (Å²) < 4.78 is 5.65. The average Bonchev–Trinajstić information content (AvgIpc) is 2.85. The summed E-state index contributed by atoms with van der Waals surface area (Å²) in [5.74, 6) is 0.763. The molecule has 17 heavy (non-hydrogen) atoms. The maximum atomic E-state index is 5.76. The lowest BCUT2D eigenvalue weighted by molar-refractivity contribution is 0.0924. The zero-order chi connectivity index (χ0) is 11.9. The molecular weight excluding hydrogens is 236 g/mol. The van der Waals surface area contributed by atoms with E-state index < -0.39 is 0 Å². The van der Waals surface area contributed by atoms with Crippen molar-refractivity contribution in [3.05, 3.63) is 0 Å². The van der Waals surface area contributed by atoms with Crippen molar-refractivity contribution in [2.75, 3.05) is 51.8 Å². The Labute approximate surface area is 110 Å². The van der Waals surface area contributed by atoms with Crippen LogP contribution in [0.25, 0.3) is 0 Å². The number of hydrogen-bond acceptors (Lipinski definition) is 3. The number of alkyl halides is 1. The van der Waals surface area contributed by atoms with Crippen LogP contribution in [0.2, 0.25) is 0 Å². The van der Waals surface area contributed by atoms with Crippen LogP contribution in [0.1, 0.15) is 25.7 Å². The van der Waals surface area contributed by atoms with E-state index in [1.54, 1.807) is 0 Å². The van der Waals surface area contributed by atoms with Crippen molar-refractivity contribution in [1.29, 1.82) is 0 Å². The molecule has 0 aromatic heterocycles. The molecule has 2 saturated heterocycles. The van der Waals surface area contributed by atoms with Gasteiger partial charge >= 0.3 is 0 Å². The molecule has 0 aromatic rings. The van der Waals surface area contributed by atoms with Crippen molar-refractivity contribution in [3.8, 4) is 0 Å². The summed E-state index contributed by atoms with van der Waals surface area (Å²) in [5, 5.41) is 0. The minimum absolute atomic E-state index is 0.563. The third kappa shape index (κ3) is 4.74. The van der Waals surface area contributed by atoms with Crippen molar-refractivity contribution in [2.24, 2.45) is 0 Å². The Bertz CT molecular complexity index is 202. The summed E-state index contributed by atoms with van der Waals surface area (Å²) in [6, 6.07) is 0. The lowest BCUT2D eigenvalue weighted by atomic mass is 10.1. The van der Waals surface area contributed by atoms with E-state index in [1.165, 1.54) is 58.4 Å². The minimum Gasteiger partial charge on any atom is -0.378 e. The Balaban J connectivity index is 1.52. The number of hydrogen-bond donors (Lipinski definition) is 0. The number of ether oxygens (including phenoxy) is 1. The molecule has 0 radical (unpaired) electrons. The van der Waals surface area contributed by atoms with Crippen LogP contribution in [0.5, 0.6) is 0 Å². The third-order valence-corrected chi connectivity index (χ3v) is 4.06. The van der Waals surface area contributed by atoms with Crippen LogP contribution in [-0.4, -0.2) is 67.7 Å². The highest BCUT2D eigenvalue weighted by Gasteiger charge is 2.18. The van der Waals surface area contributed by atoms with E-state index in [0.717, 1.165) is 19.0 Å². The first-order valence-corrected chi connectivity index (χ1v) is 7.54. The van der Waals surface area contributed by atoms with Crippen molar-refractivity contribution in [2.45, 2.75) is 31.8 Å². The predicted octanol–water partition coefficient (Wildman–Crippen LogP) is 1.80. The summed E-state index contributed by atoms with van der Waals surface area (Å²) >= 11 is 5.76. The Morgan fingerprint density at radius 3 is 2.35 bits per heavy atom. The number of nitrogens with zero attached hydrogens (tertiary/aromatic N) is 2. The van der Waals surface area contributed by atoms with E-state index in [2.05, 4.69) is 9.80 Å². The van der Waals surface area contributed by atoms with Gasteiger partial charge in [0.15, 0.2) is 0 Å². The van der Waals surface area contributed by atoms with Crippen LogP contribution in [0.3, 0.4) is 0 Å². The molecule has 1 atom stereocenters. The van der Waals surface area contributed by atoms with Gasteiger partial charge < -0.3 is 9.64 Å². The van der Waals surface area contributed by atoms with Crippen LogP contribution < -0.4 is 0 Å². The Morgan fingerprint density at radius 2 is 1.76 bits per heavy atom. The molecule has 2 rings (SSSR count). The van der Waals surface area contributed by atoms with Gasteiger partial charge in [-0.05, 0) is 32.2 Å². The van der Waals surface area contributed by atoms with Crippen molar-refractivity contribution >= 4 is 11.6 Å². The summed E-state index contributed by atoms with van der Waals surface area (Å²) in [6.07, 6.45) is 5.65. The summed E-state index contributed by atoms with van der Waals surface area (Å²) in [6.45, 7) is 8.08. The van der Waals surface area contributed by atoms with Crippen LogP contribution in [0, 0.1) is 0 Å². The lowest BCUT2D eigenvalue weighted by Gasteiger charge is -2.34. The van der Waals surface area contributed by atoms with Crippen molar-refractivity contribution in [1.82, 2.24) is 9.80 Å². The molecule has 0 N–H and O–H groups in total. The van der Waals surface area contributed by atoms with Crippen molar-refractivity contribution in [3.63, 3.8) is 0 Å². The van der Waals surface area contributed by atoms with Gasteiger partial charge in [-0.25, -0.2) is 0 Å². The van der Waals surface area contributed by atoms with Gasteiger partial charge in [-0.3, -0.25) is 4.90 Å². The Hall–Kier alpha value is 0.170. The molecule has 2 fully saturated rings. The highest BCUT2D eigenvalue weighted by atomic mass is 35.5. The molecule has 3 nitrogen and oxygen atoms in total. The number of piperazine rings is 1. The van der Waals surface area contributed by atoms with Crippen LogP contribution in [-0.2, 0) is 4.74 Å². The van der Waals surface area contributed by atoms with E-state index >= 15 is 0 Å². The maximum absolute atomic E-state index is 5.76. The maximum Gasteiger partial charge on any atom is 0.0576 e.